The van der Waals surface area contributed by atoms with Gasteiger partial charge in [0.2, 0.25) is 0 Å². The number of hydrogen-bond acceptors (Lipinski definition) is 1. The second-order valence-corrected chi connectivity index (χ2v) is 2.86. The Balaban J connectivity index is 0.000000640. The van der Waals surface area contributed by atoms with Crippen LogP contribution in [0.3, 0.4) is 0 Å². The molecule has 2 atom stereocenters. The second kappa shape index (κ2) is 4.13. The van der Waals surface area contributed by atoms with Gasteiger partial charge in [-0.05, 0) is 32.2 Å². The molecule has 1 rings (SSSR count). The maximum atomic E-state index is 3.43. The summed E-state index contributed by atoms with van der Waals surface area (Å²) in [4.78, 5) is 0. The molecule has 0 bridgehead atoms. The van der Waals surface area contributed by atoms with Crippen molar-refractivity contribution < 1.29 is 0 Å². The molecule has 0 unspecified atom stereocenters. The molecule has 0 aromatic carbocycles. The monoisotopic (exact) mass is 149 g/mol. The summed E-state index contributed by atoms with van der Waals surface area (Å²) in [5, 5.41) is 3.43. The lowest BCUT2D eigenvalue weighted by molar-refractivity contribution is 0.319. The number of halogens is 1. The predicted octanol–water partition coefficient (Wildman–Crippen LogP) is 1.82. The Morgan fingerprint density at radius 2 is 2.00 bits per heavy atom. The zero-order valence-electron chi connectivity index (χ0n) is 6.18. The first-order valence-corrected chi connectivity index (χ1v) is 3.54. The van der Waals surface area contributed by atoms with Crippen molar-refractivity contribution >= 4 is 12.4 Å². The summed E-state index contributed by atoms with van der Waals surface area (Å²) >= 11 is 0. The largest absolute Gasteiger partial charge is 0.314 e. The zero-order valence-corrected chi connectivity index (χ0v) is 7.00. The van der Waals surface area contributed by atoms with Crippen LogP contribution >= 0.6 is 12.4 Å². The van der Waals surface area contributed by atoms with Crippen molar-refractivity contribution in [3.05, 3.63) is 0 Å². The highest BCUT2D eigenvalue weighted by atomic mass is 35.5. The Kier molecular flexibility index (Phi) is 4.24. The van der Waals surface area contributed by atoms with Gasteiger partial charge in [-0.3, -0.25) is 0 Å². The summed E-state index contributed by atoms with van der Waals surface area (Å²) < 4.78 is 0. The van der Waals surface area contributed by atoms with Gasteiger partial charge in [-0.2, -0.15) is 0 Å². The SMILES string of the molecule is C[C@@H]1CCCN[C@@H]1C.Cl. The van der Waals surface area contributed by atoms with Gasteiger partial charge >= 0.3 is 0 Å². The second-order valence-electron chi connectivity index (χ2n) is 2.86. The summed E-state index contributed by atoms with van der Waals surface area (Å²) in [6.07, 6.45) is 2.78. The molecule has 0 aliphatic carbocycles. The first-order valence-electron chi connectivity index (χ1n) is 3.54. The molecular weight excluding hydrogens is 134 g/mol. The van der Waals surface area contributed by atoms with E-state index in [1.54, 1.807) is 0 Å². The lowest BCUT2D eigenvalue weighted by atomic mass is 9.94. The molecule has 2 heteroatoms. The van der Waals surface area contributed by atoms with Crippen LogP contribution in [0.5, 0.6) is 0 Å². The maximum absolute atomic E-state index is 3.43. The molecule has 1 saturated heterocycles. The Hall–Kier alpha value is 0.250. The van der Waals surface area contributed by atoms with Crippen LogP contribution in [0.4, 0.5) is 0 Å². The predicted molar refractivity (Wildman–Crippen MR) is 43.1 cm³/mol. The van der Waals surface area contributed by atoms with Gasteiger partial charge in [0.25, 0.3) is 0 Å². The topological polar surface area (TPSA) is 12.0 Å². The highest BCUT2D eigenvalue weighted by molar-refractivity contribution is 5.85. The van der Waals surface area contributed by atoms with Gasteiger partial charge in [0, 0.05) is 6.04 Å². The van der Waals surface area contributed by atoms with Crippen LogP contribution in [0.2, 0.25) is 0 Å². The van der Waals surface area contributed by atoms with Crippen LogP contribution in [0.25, 0.3) is 0 Å². The fourth-order valence-electron chi connectivity index (χ4n) is 1.20. The van der Waals surface area contributed by atoms with E-state index in [4.69, 9.17) is 0 Å². The molecule has 1 aliphatic heterocycles. The average Bonchev–Trinajstić information content (AvgIpc) is 1.77. The summed E-state index contributed by atoms with van der Waals surface area (Å²) in [6.45, 7) is 5.81. The molecule has 1 heterocycles. The van der Waals surface area contributed by atoms with Gasteiger partial charge in [-0.25, -0.2) is 0 Å². The Morgan fingerprint density at radius 3 is 2.33 bits per heavy atom. The maximum Gasteiger partial charge on any atom is 0.00643 e. The molecule has 0 amide bonds. The molecule has 0 radical (unpaired) electrons. The number of rotatable bonds is 0. The normalized spacial score (nSPS) is 35.3. The van der Waals surface area contributed by atoms with E-state index in [2.05, 4.69) is 19.2 Å². The van der Waals surface area contributed by atoms with E-state index in [1.165, 1.54) is 19.4 Å². The minimum absolute atomic E-state index is 0. The molecule has 1 fully saturated rings. The van der Waals surface area contributed by atoms with E-state index in [-0.39, 0.29) is 12.4 Å². The summed E-state index contributed by atoms with van der Waals surface area (Å²) in [5.41, 5.74) is 0. The molecule has 1 N–H and O–H groups in total. The minimum Gasteiger partial charge on any atom is -0.314 e. The van der Waals surface area contributed by atoms with E-state index in [9.17, 15) is 0 Å². The third-order valence-corrected chi connectivity index (χ3v) is 2.16. The van der Waals surface area contributed by atoms with Crippen LogP contribution in [0, 0.1) is 5.92 Å². The fraction of sp³-hybridized carbons (Fsp3) is 1.00. The van der Waals surface area contributed by atoms with Crippen molar-refractivity contribution in [3.63, 3.8) is 0 Å². The van der Waals surface area contributed by atoms with Crippen molar-refractivity contribution in [2.24, 2.45) is 5.92 Å². The van der Waals surface area contributed by atoms with Gasteiger partial charge in [-0.1, -0.05) is 6.92 Å². The Morgan fingerprint density at radius 1 is 1.33 bits per heavy atom. The van der Waals surface area contributed by atoms with Crippen molar-refractivity contribution in [2.75, 3.05) is 6.54 Å². The first-order chi connectivity index (χ1) is 3.80. The Bertz CT molecular complexity index is 65.3. The van der Waals surface area contributed by atoms with Crippen molar-refractivity contribution in [1.29, 1.82) is 0 Å². The van der Waals surface area contributed by atoms with Crippen LogP contribution in [0.1, 0.15) is 26.7 Å². The highest BCUT2D eigenvalue weighted by Gasteiger charge is 2.14. The van der Waals surface area contributed by atoms with E-state index in [1.807, 2.05) is 0 Å². The number of piperidine rings is 1. The zero-order chi connectivity index (χ0) is 5.98. The van der Waals surface area contributed by atoms with Crippen LogP contribution in [-0.4, -0.2) is 12.6 Å². The van der Waals surface area contributed by atoms with Gasteiger partial charge in [0.15, 0.2) is 0 Å². The lowest BCUT2D eigenvalue weighted by Crippen LogP contribution is -2.37. The molecule has 0 spiro atoms. The average molecular weight is 150 g/mol. The quantitative estimate of drug-likeness (QED) is 0.554. The molecular formula is C7H16ClN. The number of hydrogen-bond donors (Lipinski definition) is 1. The van der Waals surface area contributed by atoms with Gasteiger partial charge in [-0.15, -0.1) is 12.4 Å². The van der Waals surface area contributed by atoms with Crippen LogP contribution in [-0.2, 0) is 0 Å². The third kappa shape index (κ3) is 2.55. The fourth-order valence-corrected chi connectivity index (χ4v) is 1.20. The molecule has 0 aromatic heterocycles. The van der Waals surface area contributed by atoms with Gasteiger partial charge < -0.3 is 5.32 Å². The molecule has 0 aromatic rings. The van der Waals surface area contributed by atoms with E-state index < -0.39 is 0 Å². The van der Waals surface area contributed by atoms with Gasteiger partial charge in [0.05, 0.1) is 0 Å². The van der Waals surface area contributed by atoms with Crippen molar-refractivity contribution in [2.45, 2.75) is 32.7 Å². The van der Waals surface area contributed by atoms with E-state index in [0.29, 0.717) is 0 Å². The molecule has 1 nitrogen and oxygen atoms in total. The lowest BCUT2D eigenvalue weighted by Gasteiger charge is -2.26. The molecule has 9 heavy (non-hydrogen) atoms. The smallest absolute Gasteiger partial charge is 0.00643 e. The van der Waals surface area contributed by atoms with Crippen molar-refractivity contribution in [1.82, 2.24) is 5.32 Å². The summed E-state index contributed by atoms with van der Waals surface area (Å²) in [7, 11) is 0. The van der Waals surface area contributed by atoms with Crippen LogP contribution < -0.4 is 5.32 Å². The molecule has 56 valence electrons. The number of nitrogens with one attached hydrogen (secondary N) is 1. The minimum atomic E-state index is 0. The van der Waals surface area contributed by atoms with Crippen LogP contribution in [0.15, 0.2) is 0 Å². The molecule has 1 aliphatic rings. The summed E-state index contributed by atoms with van der Waals surface area (Å²) in [5.74, 6) is 0.892. The third-order valence-electron chi connectivity index (χ3n) is 2.16. The standard InChI is InChI=1S/C7H15N.ClH/c1-6-4-3-5-8-7(6)2;/h6-8H,3-5H2,1-2H3;1H/t6-,7-;/m1./s1. The first kappa shape index (κ1) is 9.25. The van der Waals surface area contributed by atoms with Crippen molar-refractivity contribution in [3.8, 4) is 0 Å². The Labute approximate surface area is 63.6 Å². The summed E-state index contributed by atoms with van der Waals surface area (Å²) in [6, 6.07) is 0.753. The van der Waals surface area contributed by atoms with Gasteiger partial charge in [0.1, 0.15) is 0 Å². The van der Waals surface area contributed by atoms with E-state index in [0.717, 1.165) is 12.0 Å². The highest BCUT2D eigenvalue weighted by Crippen LogP contribution is 2.13. The molecule has 0 saturated carbocycles. The van der Waals surface area contributed by atoms with E-state index >= 15 is 0 Å².